The van der Waals surface area contributed by atoms with E-state index in [-0.39, 0.29) is 5.92 Å². The van der Waals surface area contributed by atoms with Gasteiger partial charge in [-0.3, -0.25) is 4.99 Å². The number of benzene rings is 4. The quantitative estimate of drug-likeness (QED) is 0.339. The van der Waals surface area contributed by atoms with Gasteiger partial charge in [0, 0.05) is 12.1 Å². The van der Waals surface area contributed by atoms with Crippen LogP contribution in [0.25, 0.3) is 11.6 Å². The van der Waals surface area contributed by atoms with E-state index in [4.69, 9.17) is 4.99 Å². The molecule has 0 aromatic heterocycles. The van der Waals surface area contributed by atoms with Gasteiger partial charge in [0.05, 0.1) is 5.69 Å². The van der Waals surface area contributed by atoms with Crippen molar-refractivity contribution in [1.82, 2.24) is 0 Å². The maximum absolute atomic E-state index is 4.72. The van der Waals surface area contributed by atoms with Gasteiger partial charge >= 0.3 is 0 Å². The van der Waals surface area contributed by atoms with Gasteiger partial charge in [0.15, 0.2) is 0 Å². The summed E-state index contributed by atoms with van der Waals surface area (Å²) >= 11 is 0. The molecule has 4 aromatic carbocycles. The normalized spacial score (nSPS) is 15.3. The molecule has 0 amide bonds. The smallest absolute Gasteiger partial charge is 0.0629 e. The molecule has 0 N–H and O–H groups in total. The SMILES string of the molecule is C(=Nc1ccccc1)c1ccccc1C1C(c2ccccc2)=Cc2ccccc21. The van der Waals surface area contributed by atoms with Crippen molar-refractivity contribution in [3.8, 4) is 0 Å². The van der Waals surface area contributed by atoms with E-state index in [1.54, 1.807) is 0 Å². The number of rotatable bonds is 4. The zero-order valence-corrected chi connectivity index (χ0v) is 16.1. The molecule has 4 aromatic rings. The second kappa shape index (κ2) is 7.73. The molecule has 0 saturated heterocycles. The third kappa shape index (κ3) is 3.43. The zero-order valence-electron chi connectivity index (χ0n) is 16.1. The highest BCUT2D eigenvalue weighted by molar-refractivity contribution is 5.96. The fraction of sp³-hybridized carbons (Fsp3) is 0.0357. The highest BCUT2D eigenvalue weighted by Crippen LogP contribution is 2.46. The van der Waals surface area contributed by atoms with E-state index < -0.39 is 0 Å². The number of aliphatic imine (C=N–C) groups is 1. The molecule has 0 saturated carbocycles. The van der Waals surface area contributed by atoms with Gasteiger partial charge in [0.25, 0.3) is 0 Å². The predicted molar refractivity (Wildman–Crippen MR) is 123 cm³/mol. The molecule has 1 heteroatoms. The van der Waals surface area contributed by atoms with Crippen molar-refractivity contribution in [3.05, 3.63) is 137 Å². The van der Waals surface area contributed by atoms with Gasteiger partial charge in [-0.15, -0.1) is 0 Å². The highest BCUT2D eigenvalue weighted by atomic mass is 14.7. The minimum absolute atomic E-state index is 0.201. The Labute approximate surface area is 171 Å². The van der Waals surface area contributed by atoms with Gasteiger partial charge in [-0.1, -0.05) is 97.1 Å². The first-order chi connectivity index (χ1) is 14.4. The summed E-state index contributed by atoms with van der Waals surface area (Å²) in [5.74, 6) is 0.201. The largest absolute Gasteiger partial charge is 0.256 e. The first kappa shape index (κ1) is 17.4. The Morgan fingerprint density at radius 1 is 0.586 bits per heavy atom. The number of fused-ring (bicyclic) bond motifs is 1. The lowest BCUT2D eigenvalue weighted by Gasteiger charge is -2.20. The third-order valence-electron chi connectivity index (χ3n) is 5.45. The Balaban J connectivity index is 1.62. The summed E-state index contributed by atoms with van der Waals surface area (Å²) in [4.78, 5) is 4.72. The number of para-hydroxylation sites is 1. The number of nitrogens with zero attached hydrogens (tertiary/aromatic N) is 1. The lowest BCUT2D eigenvalue weighted by molar-refractivity contribution is 1.06. The average molecular weight is 371 g/mol. The Hall–Kier alpha value is -3.71. The standard InChI is InChI=1S/C28H21N/c1-3-11-21(12-4-1)27-19-22-13-7-9-17-25(22)28(27)26-18-10-8-14-23(26)20-29-24-15-5-2-6-16-24/h1-20,28H. The topological polar surface area (TPSA) is 12.4 Å². The molecule has 1 unspecified atom stereocenters. The predicted octanol–water partition coefficient (Wildman–Crippen LogP) is 7.12. The molecule has 0 fully saturated rings. The molecule has 0 spiro atoms. The minimum atomic E-state index is 0.201. The minimum Gasteiger partial charge on any atom is -0.256 e. The van der Waals surface area contributed by atoms with Crippen molar-refractivity contribution in [3.63, 3.8) is 0 Å². The third-order valence-corrected chi connectivity index (χ3v) is 5.45. The van der Waals surface area contributed by atoms with E-state index in [2.05, 4.69) is 84.9 Å². The summed E-state index contributed by atoms with van der Waals surface area (Å²) in [7, 11) is 0. The molecule has 29 heavy (non-hydrogen) atoms. The molecular formula is C28H21N. The van der Waals surface area contributed by atoms with Crippen molar-refractivity contribution in [2.45, 2.75) is 5.92 Å². The second-order valence-electron chi connectivity index (χ2n) is 7.25. The highest BCUT2D eigenvalue weighted by Gasteiger charge is 2.28. The molecule has 1 nitrogen and oxygen atoms in total. The van der Waals surface area contributed by atoms with Crippen LogP contribution in [0.15, 0.2) is 114 Å². The fourth-order valence-electron chi connectivity index (χ4n) is 4.09. The van der Waals surface area contributed by atoms with E-state index in [0.717, 1.165) is 11.3 Å². The summed E-state index contributed by atoms with van der Waals surface area (Å²) in [5.41, 5.74) is 8.66. The van der Waals surface area contributed by atoms with Gasteiger partial charge in [-0.25, -0.2) is 0 Å². The Bertz CT molecular complexity index is 1190. The van der Waals surface area contributed by atoms with Crippen LogP contribution in [0.1, 0.15) is 33.7 Å². The molecule has 5 rings (SSSR count). The first-order valence-corrected chi connectivity index (χ1v) is 9.94. The van der Waals surface area contributed by atoms with Crippen LogP contribution in [-0.2, 0) is 0 Å². The van der Waals surface area contributed by atoms with Gasteiger partial charge in [-0.05, 0) is 51.6 Å². The monoisotopic (exact) mass is 371 g/mol. The summed E-state index contributed by atoms with van der Waals surface area (Å²) in [6.07, 6.45) is 4.33. The van der Waals surface area contributed by atoms with Crippen molar-refractivity contribution in [2.24, 2.45) is 4.99 Å². The Morgan fingerprint density at radius 3 is 2.00 bits per heavy atom. The summed E-state index contributed by atoms with van der Waals surface area (Å²) in [5, 5.41) is 0. The molecule has 1 aliphatic rings. The number of hydrogen-bond donors (Lipinski definition) is 0. The van der Waals surface area contributed by atoms with Gasteiger partial charge in [0.1, 0.15) is 0 Å². The Kier molecular flexibility index (Phi) is 4.63. The average Bonchev–Trinajstić information content (AvgIpc) is 3.19. The summed E-state index contributed by atoms with van der Waals surface area (Å²) < 4.78 is 0. The van der Waals surface area contributed by atoms with Crippen LogP contribution < -0.4 is 0 Å². The molecule has 0 aliphatic heterocycles. The Morgan fingerprint density at radius 2 is 1.21 bits per heavy atom. The molecule has 0 radical (unpaired) electrons. The van der Waals surface area contributed by atoms with Crippen LogP contribution in [0.4, 0.5) is 5.69 Å². The van der Waals surface area contributed by atoms with Crippen LogP contribution in [0.5, 0.6) is 0 Å². The van der Waals surface area contributed by atoms with E-state index in [1.165, 1.54) is 27.8 Å². The van der Waals surface area contributed by atoms with Crippen molar-refractivity contribution >= 4 is 23.6 Å². The molecule has 0 heterocycles. The lowest BCUT2D eigenvalue weighted by atomic mass is 9.83. The van der Waals surface area contributed by atoms with E-state index in [9.17, 15) is 0 Å². The van der Waals surface area contributed by atoms with E-state index in [1.807, 2.05) is 36.5 Å². The molecular weight excluding hydrogens is 350 g/mol. The lowest BCUT2D eigenvalue weighted by Crippen LogP contribution is -2.04. The second-order valence-corrected chi connectivity index (χ2v) is 7.25. The molecule has 138 valence electrons. The van der Waals surface area contributed by atoms with Crippen LogP contribution in [0, 0.1) is 0 Å². The van der Waals surface area contributed by atoms with E-state index in [0.29, 0.717) is 0 Å². The first-order valence-electron chi connectivity index (χ1n) is 9.94. The van der Waals surface area contributed by atoms with Crippen molar-refractivity contribution in [2.75, 3.05) is 0 Å². The summed E-state index contributed by atoms with van der Waals surface area (Å²) in [6.45, 7) is 0. The van der Waals surface area contributed by atoms with Crippen LogP contribution in [-0.4, -0.2) is 6.21 Å². The number of allylic oxidation sites excluding steroid dienone is 1. The van der Waals surface area contributed by atoms with Crippen molar-refractivity contribution in [1.29, 1.82) is 0 Å². The number of hydrogen-bond acceptors (Lipinski definition) is 1. The van der Waals surface area contributed by atoms with Crippen LogP contribution >= 0.6 is 0 Å². The van der Waals surface area contributed by atoms with Crippen LogP contribution in [0.3, 0.4) is 0 Å². The van der Waals surface area contributed by atoms with Crippen molar-refractivity contribution < 1.29 is 0 Å². The fourth-order valence-corrected chi connectivity index (χ4v) is 4.09. The van der Waals surface area contributed by atoms with E-state index >= 15 is 0 Å². The van der Waals surface area contributed by atoms with Gasteiger partial charge in [0.2, 0.25) is 0 Å². The molecule has 0 bridgehead atoms. The maximum atomic E-state index is 4.72. The van der Waals surface area contributed by atoms with Gasteiger partial charge in [-0.2, -0.15) is 0 Å². The summed E-state index contributed by atoms with van der Waals surface area (Å²) in [6, 6.07) is 38.1. The zero-order chi connectivity index (χ0) is 19.5. The molecule has 1 aliphatic carbocycles. The molecule has 1 atom stereocenters. The maximum Gasteiger partial charge on any atom is 0.0629 e. The van der Waals surface area contributed by atoms with Crippen LogP contribution in [0.2, 0.25) is 0 Å². The van der Waals surface area contributed by atoms with Gasteiger partial charge < -0.3 is 0 Å².